The molecule has 0 saturated heterocycles. The number of nitrogen functional groups attached to an aromatic ring is 1. The van der Waals surface area contributed by atoms with Crippen molar-refractivity contribution in [2.24, 2.45) is 0 Å². The maximum atomic E-state index is 9.13. The van der Waals surface area contributed by atoms with E-state index in [0.29, 0.717) is 17.2 Å². The van der Waals surface area contributed by atoms with Gasteiger partial charge in [-0.1, -0.05) is 13.8 Å². The van der Waals surface area contributed by atoms with E-state index in [0.717, 1.165) is 12.8 Å². The Bertz CT molecular complexity index is 409. The predicted molar refractivity (Wildman–Crippen MR) is 69.7 cm³/mol. The van der Waals surface area contributed by atoms with Gasteiger partial charge in [0.1, 0.15) is 17.5 Å². The molecule has 5 nitrogen and oxygen atoms in total. The fourth-order valence-corrected chi connectivity index (χ4v) is 1.85. The molecule has 1 aromatic rings. The largest absolute Gasteiger partial charge is 0.383 e. The molecule has 17 heavy (non-hydrogen) atoms. The van der Waals surface area contributed by atoms with Crippen molar-refractivity contribution in [2.45, 2.75) is 52.6 Å². The highest BCUT2D eigenvalue weighted by Crippen LogP contribution is 2.27. The Labute approximate surface area is 103 Å². The number of aromatic nitrogens is 2. The number of hydrogen-bond acceptors (Lipinski definition) is 4. The summed E-state index contributed by atoms with van der Waals surface area (Å²) in [5, 5.41) is 16.7. The Morgan fingerprint density at radius 3 is 2.41 bits per heavy atom. The van der Waals surface area contributed by atoms with Gasteiger partial charge in [0.15, 0.2) is 5.82 Å². The quantitative estimate of drug-likeness (QED) is 0.821. The van der Waals surface area contributed by atoms with Gasteiger partial charge in [0.25, 0.3) is 0 Å². The summed E-state index contributed by atoms with van der Waals surface area (Å²) in [6, 6.07) is 2.60. The van der Waals surface area contributed by atoms with Gasteiger partial charge in [-0.25, -0.2) is 4.68 Å². The Morgan fingerprint density at radius 1 is 1.41 bits per heavy atom. The van der Waals surface area contributed by atoms with Crippen LogP contribution in [0.15, 0.2) is 0 Å². The predicted octanol–water partition coefficient (Wildman–Crippen LogP) is 2.52. The lowest BCUT2D eigenvalue weighted by atomic mass is 10.2. The molecule has 0 fully saturated rings. The van der Waals surface area contributed by atoms with Crippen LogP contribution in [0, 0.1) is 11.3 Å². The van der Waals surface area contributed by atoms with Gasteiger partial charge in [-0.15, -0.1) is 0 Å². The molecule has 0 aliphatic heterocycles. The molecule has 0 radical (unpaired) electrons. The number of nitrogens with zero attached hydrogens (tertiary/aromatic N) is 3. The van der Waals surface area contributed by atoms with E-state index in [4.69, 9.17) is 11.0 Å². The molecule has 5 heteroatoms. The van der Waals surface area contributed by atoms with Crippen molar-refractivity contribution in [3.8, 4) is 6.07 Å². The molecule has 1 rings (SSSR count). The van der Waals surface area contributed by atoms with E-state index >= 15 is 0 Å². The van der Waals surface area contributed by atoms with E-state index in [-0.39, 0.29) is 12.1 Å². The first-order valence-electron chi connectivity index (χ1n) is 6.09. The maximum absolute atomic E-state index is 9.13. The van der Waals surface area contributed by atoms with E-state index in [1.807, 2.05) is 13.8 Å². The first-order valence-corrected chi connectivity index (χ1v) is 6.09. The molecule has 0 atom stereocenters. The molecule has 0 saturated carbocycles. The maximum Gasteiger partial charge on any atom is 0.168 e. The van der Waals surface area contributed by atoms with Crippen LogP contribution >= 0.6 is 0 Å². The topological polar surface area (TPSA) is 79.7 Å². The highest BCUT2D eigenvalue weighted by atomic mass is 15.4. The standard InChI is InChI=1S/C12H21N5/c1-5-9(6-2)17-11(14)10(7-13)12(16-17)15-8(3)4/h8-9H,5-6,14H2,1-4H3,(H,15,16). The number of rotatable bonds is 5. The minimum Gasteiger partial charge on any atom is -0.383 e. The Kier molecular flexibility index (Phi) is 4.38. The smallest absolute Gasteiger partial charge is 0.168 e. The lowest BCUT2D eigenvalue weighted by Gasteiger charge is -2.14. The molecule has 0 aliphatic rings. The van der Waals surface area contributed by atoms with Gasteiger partial charge in [0.05, 0.1) is 6.04 Å². The first kappa shape index (κ1) is 13.4. The van der Waals surface area contributed by atoms with Gasteiger partial charge in [0, 0.05) is 6.04 Å². The lowest BCUT2D eigenvalue weighted by Crippen LogP contribution is -2.13. The van der Waals surface area contributed by atoms with Crippen LogP contribution in [-0.4, -0.2) is 15.8 Å². The summed E-state index contributed by atoms with van der Waals surface area (Å²) >= 11 is 0. The highest BCUT2D eigenvalue weighted by molar-refractivity contribution is 5.64. The van der Waals surface area contributed by atoms with Gasteiger partial charge in [-0.2, -0.15) is 10.4 Å². The van der Waals surface area contributed by atoms with Crippen LogP contribution in [0.1, 0.15) is 52.1 Å². The zero-order valence-corrected chi connectivity index (χ0v) is 11.0. The summed E-state index contributed by atoms with van der Waals surface area (Å²) in [5.74, 6) is 1.05. The molecule has 0 unspecified atom stereocenters. The van der Waals surface area contributed by atoms with Crippen LogP contribution in [0.25, 0.3) is 0 Å². The zero-order valence-electron chi connectivity index (χ0n) is 11.0. The van der Waals surface area contributed by atoms with Crippen molar-refractivity contribution in [3.63, 3.8) is 0 Å². The first-order chi connectivity index (χ1) is 8.04. The summed E-state index contributed by atoms with van der Waals surface area (Å²) in [5.41, 5.74) is 6.43. The Hall–Kier alpha value is -1.70. The molecule has 1 heterocycles. The van der Waals surface area contributed by atoms with Crippen LogP contribution in [0.4, 0.5) is 11.6 Å². The Balaban J connectivity index is 3.17. The van der Waals surface area contributed by atoms with Crippen LogP contribution in [0.5, 0.6) is 0 Å². The summed E-state index contributed by atoms with van der Waals surface area (Å²) in [6.45, 7) is 8.20. The molecule has 0 amide bonds. The number of nitriles is 1. The molecular weight excluding hydrogens is 214 g/mol. The van der Waals surface area contributed by atoms with Gasteiger partial charge >= 0.3 is 0 Å². The molecule has 1 aromatic heterocycles. The van der Waals surface area contributed by atoms with Gasteiger partial charge in [-0.05, 0) is 26.7 Å². The Morgan fingerprint density at radius 2 is 2.00 bits per heavy atom. The van der Waals surface area contributed by atoms with Crippen LogP contribution in [0.3, 0.4) is 0 Å². The molecule has 0 spiro atoms. The molecule has 94 valence electrons. The highest BCUT2D eigenvalue weighted by Gasteiger charge is 2.19. The van der Waals surface area contributed by atoms with Gasteiger partial charge in [0.2, 0.25) is 0 Å². The third-order valence-electron chi connectivity index (χ3n) is 2.77. The van der Waals surface area contributed by atoms with Crippen molar-refractivity contribution >= 4 is 11.6 Å². The normalized spacial score (nSPS) is 10.9. The number of anilines is 2. The second-order valence-electron chi connectivity index (χ2n) is 4.43. The second-order valence-corrected chi connectivity index (χ2v) is 4.43. The van der Waals surface area contributed by atoms with E-state index in [1.54, 1.807) is 4.68 Å². The number of nitrogens with two attached hydrogens (primary N) is 1. The molecule has 0 aliphatic carbocycles. The molecule has 3 N–H and O–H groups in total. The average Bonchev–Trinajstić information content (AvgIpc) is 2.57. The van der Waals surface area contributed by atoms with Crippen molar-refractivity contribution in [1.29, 1.82) is 5.26 Å². The van der Waals surface area contributed by atoms with E-state index < -0.39 is 0 Å². The minimum absolute atomic E-state index is 0.228. The minimum atomic E-state index is 0.228. The summed E-state index contributed by atoms with van der Waals surface area (Å²) in [6.07, 6.45) is 1.91. The van der Waals surface area contributed by atoms with Crippen molar-refractivity contribution < 1.29 is 0 Å². The fraction of sp³-hybridized carbons (Fsp3) is 0.667. The van der Waals surface area contributed by atoms with Crippen LogP contribution < -0.4 is 11.1 Å². The number of hydrogen-bond donors (Lipinski definition) is 2. The second kappa shape index (κ2) is 5.58. The van der Waals surface area contributed by atoms with Crippen LogP contribution in [-0.2, 0) is 0 Å². The fourth-order valence-electron chi connectivity index (χ4n) is 1.85. The third kappa shape index (κ3) is 2.70. The van der Waals surface area contributed by atoms with Crippen molar-refractivity contribution in [3.05, 3.63) is 5.56 Å². The van der Waals surface area contributed by atoms with Crippen molar-refractivity contribution in [1.82, 2.24) is 9.78 Å². The lowest BCUT2D eigenvalue weighted by molar-refractivity contribution is 0.435. The van der Waals surface area contributed by atoms with E-state index in [1.165, 1.54) is 0 Å². The zero-order chi connectivity index (χ0) is 13.0. The molecule has 0 bridgehead atoms. The van der Waals surface area contributed by atoms with E-state index in [9.17, 15) is 0 Å². The van der Waals surface area contributed by atoms with Crippen LogP contribution in [0.2, 0.25) is 0 Å². The van der Waals surface area contributed by atoms with Gasteiger partial charge in [-0.3, -0.25) is 0 Å². The summed E-state index contributed by atoms with van der Waals surface area (Å²) in [7, 11) is 0. The SMILES string of the molecule is CCC(CC)n1nc(NC(C)C)c(C#N)c1N. The molecule has 0 aromatic carbocycles. The number of nitrogens with one attached hydrogen (secondary N) is 1. The summed E-state index contributed by atoms with van der Waals surface area (Å²) in [4.78, 5) is 0. The monoisotopic (exact) mass is 235 g/mol. The van der Waals surface area contributed by atoms with Crippen molar-refractivity contribution in [2.75, 3.05) is 11.1 Å². The van der Waals surface area contributed by atoms with E-state index in [2.05, 4.69) is 30.3 Å². The molecular formula is C12H21N5. The summed E-state index contributed by atoms with van der Waals surface area (Å²) < 4.78 is 1.77. The third-order valence-corrected chi connectivity index (χ3v) is 2.77. The average molecular weight is 235 g/mol. The van der Waals surface area contributed by atoms with Gasteiger partial charge < -0.3 is 11.1 Å².